The molecule has 0 spiro atoms. The first kappa shape index (κ1) is 12.2. The van der Waals surface area contributed by atoms with E-state index in [-0.39, 0.29) is 12.1 Å². The Balaban J connectivity index is 2.28. The molecular weight excluding hydrogens is 214 g/mol. The Kier molecular flexibility index (Phi) is 3.27. The van der Waals surface area contributed by atoms with Crippen LogP contribution < -0.4 is 0 Å². The van der Waals surface area contributed by atoms with E-state index in [1.807, 2.05) is 4.90 Å². The smallest absolute Gasteiger partial charge is 0.414 e. The SMILES string of the molecule is CC1=CC=C(N2C(=O)OC[C@H]2C(C)C)[C@@H](C)C1. The van der Waals surface area contributed by atoms with E-state index in [1.54, 1.807) is 0 Å². The summed E-state index contributed by atoms with van der Waals surface area (Å²) in [5, 5.41) is 0. The fraction of sp³-hybridized carbons (Fsp3) is 0.643. The average molecular weight is 235 g/mol. The van der Waals surface area contributed by atoms with Gasteiger partial charge in [0.25, 0.3) is 0 Å². The quantitative estimate of drug-likeness (QED) is 0.734. The third kappa shape index (κ3) is 2.24. The summed E-state index contributed by atoms with van der Waals surface area (Å²) in [6.07, 6.45) is 5.03. The minimum atomic E-state index is -0.185. The highest BCUT2D eigenvalue weighted by Gasteiger charge is 2.38. The van der Waals surface area contributed by atoms with E-state index in [0.29, 0.717) is 18.4 Å². The summed E-state index contributed by atoms with van der Waals surface area (Å²) >= 11 is 0. The summed E-state index contributed by atoms with van der Waals surface area (Å²) < 4.78 is 5.19. The summed E-state index contributed by atoms with van der Waals surface area (Å²) in [6.45, 7) is 9.09. The van der Waals surface area contributed by atoms with E-state index in [0.717, 1.165) is 12.1 Å². The van der Waals surface area contributed by atoms with Crippen LogP contribution in [-0.4, -0.2) is 23.6 Å². The number of carbonyl (C=O) groups excluding carboxylic acids is 1. The molecule has 0 bridgehead atoms. The van der Waals surface area contributed by atoms with Crippen LogP contribution in [0.3, 0.4) is 0 Å². The molecule has 2 atom stereocenters. The number of carbonyl (C=O) groups is 1. The zero-order chi connectivity index (χ0) is 12.6. The summed E-state index contributed by atoms with van der Waals surface area (Å²) in [5.41, 5.74) is 2.48. The van der Waals surface area contributed by atoms with Crippen molar-refractivity contribution in [1.82, 2.24) is 4.90 Å². The minimum absolute atomic E-state index is 0.183. The molecular formula is C14H21NO2. The number of hydrogen-bond acceptors (Lipinski definition) is 2. The highest BCUT2D eigenvalue weighted by atomic mass is 16.6. The van der Waals surface area contributed by atoms with Gasteiger partial charge in [-0.3, -0.25) is 4.90 Å². The van der Waals surface area contributed by atoms with Crippen molar-refractivity contribution in [2.24, 2.45) is 11.8 Å². The van der Waals surface area contributed by atoms with Crippen molar-refractivity contribution in [2.45, 2.75) is 40.2 Å². The van der Waals surface area contributed by atoms with Gasteiger partial charge in [0.2, 0.25) is 0 Å². The normalized spacial score (nSPS) is 29.2. The molecule has 3 heteroatoms. The third-order valence-electron chi connectivity index (χ3n) is 3.63. The second-order valence-electron chi connectivity index (χ2n) is 5.47. The molecule has 1 fully saturated rings. The van der Waals surface area contributed by atoms with Gasteiger partial charge >= 0.3 is 6.09 Å². The highest BCUT2D eigenvalue weighted by Crippen LogP contribution is 2.33. The van der Waals surface area contributed by atoms with Crippen LogP contribution in [0.25, 0.3) is 0 Å². The Hall–Kier alpha value is -1.25. The van der Waals surface area contributed by atoms with Crippen molar-refractivity contribution in [3.8, 4) is 0 Å². The standard InChI is InChI=1S/C14H21NO2/c1-9(2)13-8-17-14(16)15(13)12-6-5-10(3)7-11(12)4/h5-6,9,11,13H,7-8H2,1-4H3/t11-,13-/m0/s1. The maximum absolute atomic E-state index is 11.9. The molecule has 0 aromatic heterocycles. The summed E-state index contributed by atoms with van der Waals surface area (Å²) in [7, 11) is 0. The second-order valence-corrected chi connectivity index (χ2v) is 5.47. The van der Waals surface area contributed by atoms with E-state index in [1.165, 1.54) is 5.57 Å². The van der Waals surface area contributed by atoms with Gasteiger partial charge < -0.3 is 4.74 Å². The van der Waals surface area contributed by atoms with Crippen molar-refractivity contribution >= 4 is 6.09 Å². The number of allylic oxidation sites excluding steroid dienone is 4. The molecule has 1 aliphatic heterocycles. The molecule has 0 aromatic carbocycles. The number of ether oxygens (including phenoxy) is 1. The number of cyclic esters (lactones) is 1. The monoisotopic (exact) mass is 235 g/mol. The zero-order valence-electron chi connectivity index (χ0n) is 11.1. The Morgan fingerprint density at radius 2 is 2.12 bits per heavy atom. The van der Waals surface area contributed by atoms with Gasteiger partial charge in [-0.25, -0.2) is 4.79 Å². The van der Waals surface area contributed by atoms with Crippen molar-refractivity contribution in [1.29, 1.82) is 0 Å². The van der Waals surface area contributed by atoms with Crippen LogP contribution in [0.15, 0.2) is 23.4 Å². The highest BCUT2D eigenvalue weighted by molar-refractivity contribution is 5.73. The van der Waals surface area contributed by atoms with Gasteiger partial charge in [0, 0.05) is 11.6 Å². The summed E-state index contributed by atoms with van der Waals surface area (Å²) in [6, 6.07) is 0.183. The van der Waals surface area contributed by atoms with E-state index in [9.17, 15) is 4.79 Å². The largest absolute Gasteiger partial charge is 0.447 e. The second kappa shape index (κ2) is 4.55. The van der Waals surface area contributed by atoms with E-state index in [4.69, 9.17) is 4.74 Å². The van der Waals surface area contributed by atoms with E-state index >= 15 is 0 Å². The average Bonchev–Trinajstić information content (AvgIpc) is 2.60. The van der Waals surface area contributed by atoms with Gasteiger partial charge in [-0.05, 0) is 25.3 Å². The molecule has 17 heavy (non-hydrogen) atoms. The van der Waals surface area contributed by atoms with Gasteiger partial charge in [-0.2, -0.15) is 0 Å². The first-order valence-corrected chi connectivity index (χ1v) is 6.34. The summed E-state index contributed by atoms with van der Waals surface area (Å²) in [4.78, 5) is 13.7. The van der Waals surface area contributed by atoms with E-state index in [2.05, 4.69) is 39.8 Å². The molecule has 94 valence electrons. The van der Waals surface area contributed by atoms with Crippen molar-refractivity contribution in [2.75, 3.05) is 6.61 Å². The molecule has 0 aromatic rings. The first-order valence-electron chi connectivity index (χ1n) is 6.34. The van der Waals surface area contributed by atoms with Crippen LogP contribution in [-0.2, 0) is 4.74 Å². The molecule has 0 radical (unpaired) electrons. The van der Waals surface area contributed by atoms with Crippen LogP contribution in [0.5, 0.6) is 0 Å². The van der Waals surface area contributed by atoms with Crippen molar-refractivity contribution in [3.63, 3.8) is 0 Å². The zero-order valence-corrected chi connectivity index (χ0v) is 11.1. The molecule has 1 saturated heterocycles. The fourth-order valence-corrected chi connectivity index (χ4v) is 2.59. The van der Waals surface area contributed by atoms with Crippen LogP contribution in [0.1, 0.15) is 34.1 Å². The summed E-state index contributed by atoms with van der Waals surface area (Å²) in [5.74, 6) is 0.813. The van der Waals surface area contributed by atoms with Crippen LogP contribution in [0.4, 0.5) is 4.79 Å². The molecule has 3 nitrogen and oxygen atoms in total. The maximum atomic E-state index is 11.9. The minimum Gasteiger partial charge on any atom is -0.447 e. The number of hydrogen-bond donors (Lipinski definition) is 0. The van der Waals surface area contributed by atoms with Gasteiger partial charge in [0.15, 0.2) is 0 Å². The molecule has 0 N–H and O–H groups in total. The lowest BCUT2D eigenvalue weighted by atomic mass is 9.91. The maximum Gasteiger partial charge on any atom is 0.414 e. The predicted octanol–water partition coefficient (Wildman–Crippen LogP) is 3.33. The molecule has 1 heterocycles. The van der Waals surface area contributed by atoms with Crippen LogP contribution in [0, 0.1) is 11.8 Å². The van der Waals surface area contributed by atoms with Crippen LogP contribution >= 0.6 is 0 Å². The molecule has 2 rings (SSSR count). The third-order valence-corrected chi connectivity index (χ3v) is 3.63. The topological polar surface area (TPSA) is 29.5 Å². The lowest BCUT2D eigenvalue weighted by Crippen LogP contribution is -2.38. The molecule has 0 saturated carbocycles. The van der Waals surface area contributed by atoms with E-state index < -0.39 is 0 Å². The molecule has 2 aliphatic rings. The predicted molar refractivity (Wildman–Crippen MR) is 67.4 cm³/mol. The van der Waals surface area contributed by atoms with Crippen molar-refractivity contribution in [3.05, 3.63) is 23.4 Å². The van der Waals surface area contributed by atoms with Gasteiger partial charge in [0.05, 0.1) is 6.04 Å². The van der Waals surface area contributed by atoms with Gasteiger partial charge in [-0.15, -0.1) is 0 Å². The lowest BCUT2D eigenvalue weighted by Gasteiger charge is -2.31. The first-order chi connectivity index (χ1) is 8.00. The Morgan fingerprint density at radius 1 is 1.41 bits per heavy atom. The van der Waals surface area contributed by atoms with Crippen molar-refractivity contribution < 1.29 is 9.53 Å². The molecule has 0 unspecified atom stereocenters. The number of rotatable bonds is 2. The molecule has 1 amide bonds. The Bertz CT molecular complexity index is 382. The Labute approximate surface area is 103 Å². The fourth-order valence-electron chi connectivity index (χ4n) is 2.59. The van der Waals surface area contributed by atoms with Crippen LogP contribution in [0.2, 0.25) is 0 Å². The molecule has 1 aliphatic carbocycles. The number of amides is 1. The lowest BCUT2D eigenvalue weighted by molar-refractivity contribution is 0.161. The Morgan fingerprint density at radius 3 is 2.71 bits per heavy atom. The van der Waals surface area contributed by atoms with Gasteiger partial charge in [-0.1, -0.05) is 32.4 Å². The van der Waals surface area contributed by atoms with Gasteiger partial charge in [0.1, 0.15) is 6.61 Å². The number of nitrogens with zero attached hydrogens (tertiary/aromatic N) is 1.